The van der Waals surface area contributed by atoms with E-state index in [1.54, 1.807) is 0 Å². The predicted octanol–water partition coefficient (Wildman–Crippen LogP) is 6.36. The fourth-order valence-corrected chi connectivity index (χ4v) is 3.36. The molecule has 25 heavy (non-hydrogen) atoms. The number of aliphatic hydroxyl groups is 1. The summed E-state index contributed by atoms with van der Waals surface area (Å²) in [4.78, 5) is 0. The Morgan fingerprint density at radius 3 is 2.08 bits per heavy atom. The van der Waals surface area contributed by atoms with Crippen LogP contribution in [0.2, 0.25) is 0 Å². The van der Waals surface area contributed by atoms with Crippen LogP contribution in [0.25, 0.3) is 0 Å². The van der Waals surface area contributed by atoms with E-state index in [-0.39, 0.29) is 6.61 Å². The van der Waals surface area contributed by atoms with Gasteiger partial charge >= 0.3 is 0 Å². The number of hydrogen-bond donors (Lipinski definition) is 1. The summed E-state index contributed by atoms with van der Waals surface area (Å²) >= 11 is 0. The van der Waals surface area contributed by atoms with Gasteiger partial charge in [-0.3, -0.25) is 0 Å². The first-order valence-electron chi connectivity index (χ1n) is 10.2. The van der Waals surface area contributed by atoms with Gasteiger partial charge in [-0.05, 0) is 91.4 Å². The Morgan fingerprint density at radius 2 is 1.52 bits per heavy atom. The van der Waals surface area contributed by atoms with Crippen LogP contribution in [0.1, 0.15) is 85.5 Å². The van der Waals surface area contributed by atoms with Crippen LogP contribution < -0.4 is 0 Å². The molecule has 0 saturated carbocycles. The minimum Gasteiger partial charge on any atom is -0.396 e. The first-order valence-corrected chi connectivity index (χ1v) is 10.2. The smallest absolute Gasteiger partial charge is 0.0597 e. The summed E-state index contributed by atoms with van der Waals surface area (Å²) in [5.74, 6) is 0.705. The summed E-state index contributed by atoms with van der Waals surface area (Å²) in [6, 6.07) is 0. The second kappa shape index (κ2) is 13.4. The fraction of sp³-hybridized carbons (Fsp3) is 0.739. The normalized spacial score (nSPS) is 22.1. The van der Waals surface area contributed by atoms with Gasteiger partial charge in [0.2, 0.25) is 0 Å². The molecular formula is C23H40O2. The van der Waals surface area contributed by atoms with Crippen molar-refractivity contribution in [3.8, 4) is 0 Å². The van der Waals surface area contributed by atoms with Crippen LogP contribution in [0.5, 0.6) is 0 Å². The zero-order valence-electron chi connectivity index (χ0n) is 17.0. The van der Waals surface area contributed by atoms with Crippen LogP contribution in [-0.2, 0) is 4.74 Å². The van der Waals surface area contributed by atoms with Crippen molar-refractivity contribution in [2.24, 2.45) is 5.92 Å². The molecule has 0 aromatic carbocycles. The van der Waals surface area contributed by atoms with Crippen LogP contribution in [0.15, 0.2) is 34.9 Å². The molecule has 1 heterocycles. The van der Waals surface area contributed by atoms with Crippen molar-refractivity contribution >= 4 is 0 Å². The lowest BCUT2D eigenvalue weighted by Crippen LogP contribution is -2.26. The highest BCUT2D eigenvalue weighted by atomic mass is 16.5. The maximum atomic E-state index is 8.96. The van der Waals surface area contributed by atoms with Crippen molar-refractivity contribution in [2.75, 3.05) is 13.2 Å². The summed E-state index contributed by atoms with van der Waals surface area (Å²) in [6.07, 6.45) is 17.7. The SMILES string of the molecule is CC(C)=CCC/C(C)=C/CC/C(C)=C/CC[C@@H]1CC[C@H](CCO)OC1. The van der Waals surface area contributed by atoms with Gasteiger partial charge in [-0.25, -0.2) is 0 Å². The van der Waals surface area contributed by atoms with Crippen molar-refractivity contribution in [3.05, 3.63) is 34.9 Å². The second-order valence-corrected chi connectivity index (χ2v) is 7.95. The molecular weight excluding hydrogens is 308 g/mol. The highest BCUT2D eigenvalue weighted by molar-refractivity contribution is 5.05. The maximum Gasteiger partial charge on any atom is 0.0597 e. The average molecular weight is 349 g/mol. The molecule has 1 rings (SSSR count). The number of hydrogen-bond acceptors (Lipinski definition) is 2. The number of rotatable bonds is 11. The van der Waals surface area contributed by atoms with E-state index in [0.29, 0.717) is 12.0 Å². The second-order valence-electron chi connectivity index (χ2n) is 7.95. The molecule has 1 aliphatic heterocycles. The number of ether oxygens (including phenoxy) is 1. The van der Waals surface area contributed by atoms with Gasteiger partial charge in [0.15, 0.2) is 0 Å². The van der Waals surface area contributed by atoms with Gasteiger partial charge in [0, 0.05) is 13.2 Å². The van der Waals surface area contributed by atoms with Crippen LogP contribution in [0, 0.1) is 5.92 Å². The minimum absolute atomic E-state index is 0.250. The van der Waals surface area contributed by atoms with Crippen molar-refractivity contribution in [1.82, 2.24) is 0 Å². The average Bonchev–Trinajstić information content (AvgIpc) is 2.56. The van der Waals surface area contributed by atoms with Gasteiger partial charge in [0.1, 0.15) is 0 Å². The fourth-order valence-electron chi connectivity index (χ4n) is 3.36. The molecule has 2 atom stereocenters. The van der Waals surface area contributed by atoms with Crippen LogP contribution >= 0.6 is 0 Å². The Morgan fingerprint density at radius 1 is 0.880 bits per heavy atom. The van der Waals surface area contributed by atoms with Crippen molar-refractivity contribution in [2.45, 2.75) is 91.6 Å². The molecule has 0 amide bonds. The van der Waals surface area contributed by atoms with E-state index in [1.807, 2.05) is 0 Å². The van der Waals surface area contributed by atoms with E-state index in [4.69, 9.17) is 9.84 Å². The first kappa shape index (κ1) is 22.2. The van der Waals surface area contributed by atoms with Crippen LogP contribution in [0.3, 0.4) is 0 Å². The zero-order chi connectivity index (χ0) is 18.5. The number of aliphatic hydroxyl groups excluding tert-OH is 1. The van der Waals surface area contributed by atoms with Crippen molar-refractivity contribution < 1.29 is 9.84 Å². The minimum atomic E-state index is 0.250. The lowest BCUT2D eigenvalue weighted by Gasteiger charge is -2.28. The molecule has 0 aromatic heterocycles. The summed E-state index contributed by atoms with van der Waals surface area (Å²) < 4.78 is 5.83. The first-order chi connectivity index (χ1) is 12.0. The maximum absolute atomic E-state index is 8.96. The van der Waals surface area contributed by atoms with E-state index < -0.39 is 0 Å². The van der Waals surface area contributed by atoms with E-state index in [2.05, 4.69) is 45.9 Å². The Balaban J connectivity index is 2.14. The highest BCUT2D eigenvalue weighted by Gasteiger charge is 2.20. The molecule has 2 heteroatoms. The third-order valence-electron chi connectivity index (χ3n) is 5.11. The largest absolute Gasteiger partial charge is 0.396 e. The highest BCUT2D eigenvalue weighted by Crippen LogP contribution is 2.24. The molecule has 1 aliphatic rings. The van der Waals surface area contributed by atoms with Gasteiger partial charge in [0.25, 0.3) is 0 Å². The molecule has 144 valence electrons. The predicted molar refractivity (Wildman–Crippen MR) is 109 cm³/mol. The summed E-state index contributed by atoms with van der Waals surface area (Å²) in [7, 11) is 0. The van der Waals surface area contributed by atoms with Gasteiger partial charge in [0.05, 0.1) is 6.10 Å². The molecule has 0 unspecified atom stereocenters. The topological polar surface area (TPSA) is 29.5 Å². The lowest BCUT2D eigenvalue weighted by molar-refractivity contribution is -0.0281. The summed E-state index contributed by atoms with van der Waals surface area (Å²) in [5, 5.41) is 8.96. The lowest BCUT2D eigenvalue weighted by atomic mass is 9.92. The molecule has 1 fully saturated rings. The van der Waals surface area contributed by atoms with E-state index in [1.165, 1.54) is 61.7 Å². The van der Waals surface area contributed by atoms with Crippen molar-refractivity contribution in [3.63, 3.8) is 0 Å². The van der Waals surface area contributed by atoms with Crippen LogP contribution in [-0.4, -0.2) is 24.4 Å². The van der Waals surface area contributed by atoms with E-state index >= 15 is 0 Å². The monoisotopic (exact) mass is 348 g/mol. The molecule has 0 bridgehead atoms. The molecule has 1 N–H and O–H groups in total. The molecule has 1 saturated heterocycles. The third kappa shape index (κ3) is 11.4. The quantitative estimate of drug-likeness (QED) is 0.440. The zero-order valence-corrected chi connectivity index (χ0v) is 17.0. The summed E-state index contributed by atoms with van der Waals surface area (Å²) in [6.45, 7) is 9.98. The molecule has 0 radical (unpaired) electrons. The Hall–Kier alpha value is -0.860. The van der Waals surface area contributed by atoms with Crippen LogP contribution in [0.4, 0.5) is 0 Å². The molecule has 0 aromatic rings. The van der Waals surface area contributed by atoms with E-state index in [0.717, 1.165) is 19.4 Å². The Bertz CT molecular complexity index is 433. The van der Waals surface area contributed by atoms with Crippen molar-refractivity contribution in [1.29, 1.82) is 0 Å². The van der Waals surface area contributed by atoms with E-state index in [9.17, 15) is 0 Å². The van der Waals surface area contributed by atoms with Gasteiger partial charge < -0.3 is 9.84 Å². The van der Waals surface area contributed by atoms with Gasteiger partial charge in [-0.1, -0.05) is 34.9 Å². The third-order valence-corrected chi connectivity index (χ3v) is 5.11. The molecule has 0 aliphatic carbocycles. The molecule has 0 spiro atoms. The number of allylic oxidation sites excluding steroid dienone is 6. The standard InChI is InChI=1S/C23H40O2/c1-19(2)8-5-9-20(3)10-6-11-21(4)12-7-13-22-14-15-23(16-17-24)25-18-22/h8,10,12,22-24H,5-7,9,11,13-18H2,1-4H3/b20-10+,21-12+/t22-,23-/m1/s1. The Labute approximate surface area is 156 Å². The molecule has 2 nitrogen and oxygen atoms in total. The van der Waals surface area contributed by atoms with Gasteiger partial charge in [-0.15, -0.1) is 0 Å². The van der Waals surface area contributed by atoms with Gasteiger partial charge in [-0.2, -0.15) is 0 Å². The Kier molecular flexibility index (Phi) is 11.9. The summed E-state index contributed by atoms with van der Waals surface area (Å²) in [5.41, 5.74) is 4.45.